The predicted molar refractivity (Wildman–Crippen MR) is 116 cm³/mol. The molecule has 2 aliphatic heterocycles. The van der Waals surface area contributed by atoms with Crippen molar-refractivity contribution in [2.75, 3.05) is 6.61 Å². The predicted octanol–water partition coefficient (Wildman–Crippen LogP) is 2.90. The number of rotatable bonds is 5. The zero-order valence-electron chi connectivity index (χ0n) is 17.3. The molecule has 1 saturated heterocycles. The van der Waals surface area contributed by atoms with Crippen LogP contribution < -0.4 is 5.56 Å². The Morgan fingerprint density at radius 2 is 1.75 bits per heavy atom. The fraction of sp³-hybridized carbons (Fsp3) is 0.280. The molecule has 0 unspecified atom stereocenters. The molecule has 2 aliphatic rings. The summed E-state index contributed by atoms with van der Waals surface area (Å²) in [6, 6.07) is 17.9. The minimum atomic E-state index is -1.05. The average molecular weight is 434 g/mol. The minimum absolute atomic E-state index is 0.0793. The molecule has 32 heavy (non-hydrogen) atoms. The summed E-state index contributed by atoms with van der Waals surface area (Å²) in [6.45, 7) is 0.0818. The highest BCUT2D eigenvalue weighted by Crippen LogP contribution is 2.50. The first-order valence-corrected chi connectivity index (χ1v) is 10.6. The molecule has 164 valence electrons. The van der Waals surface area contributed by atoms with E-state index in [1.807, 2.05) is 36.4 Å². The number of carbonyl (C=O) groups is 1. The topological polar surface area (TPSA) is 82.8 Å². The van der Waals surface area contributed by atoms with Gasteiger partial charge in [0.1, 0.15) is 11.9 Å². The summed E-state index contributed by atoms with van der Waals surface area (Å²) in [5.74, 6) is -2.28. The van der Waals surface area contributed by atoms with E-state index in [9.17, 15) is 24.2 Å². The number of benzene rings is 2. The van der Waals surface area contributed by atoms with Gasteiger partial charge in [0.15, 0.2) is 0 Å². The van der Waals surface area contributed by atoms with Gasteiger partial charge in [-0.3, -0.25) is 14.5 Å². The maximum absolute atomic E-state index is 14.4. The van der Waals surface area contributed by atoms with E-state index < -0.39 is 29.8 Å². The molecule has 0 aliphatic carbocycles. The number of aliphatic hydroxyl groups is 1. The van der Waals surface area contributed by atoms with Gasteiger partial charge in [-0.15, -0.1) is 0 Å². The van der Waals surface area contributed by atoms with E-state index in [2.05, 4.69) is 0 Å². The number of likely N-dealkylation sites (tertiary alicyclic amines) is 1. The summed E-state index contributed by atoms with van der Waals surface area (Å²) in [6.07, 6.45) is 0. The summed E-state index contributed by atoms with van der Waals surface area (Å²) in [5.41, 5.74) is 2.34. The van der Waals surface area contributed by atoms with Gasteiger partial charge in [0.05, 0.1) is 6.04 Å². The van der Waals surface area contributed by atoms with Crippen molar-refractivity contribution in [3.05, 3.63) is 94.2 Å². The number of carboxylic acids is 1. The highest BCUT2D eigenvalue weighted by atomic mass is 19.1. The molecule has 1 aromatic heterocycles. The van der Waals surface area contributed by atoms with Gasteiger partial charge < -0.3 is 14.8 Å². The first kappa shape index (κ1) is 20.6. The second-order valence-corrected chi connectivity index (χ2v) is 8.46. The number of aromatic nitrogens is 1. The van der Waals surface area contributed by atoms with Crippen LogP contribution in [0.4, 0.5) is 4.39 Å². The summed E-state index contributed by atoms with van der Waals surface area (Å²) in [7, 11) is 0. The third-order valence-electron chi connectivity index (χ3n) is 6.84. The van der Waals surface area contributed by atoms with Crippen LogP contribution in [0.1, 0.15) is 17.3 Å². The van der Waals surface area contributed by atoms with Crippen molar-refractivity contribution in [3.8, 4) is 11.1 Å². The number of hydrogen-bond acceptors (Lipinski definition) is 4. The van der Waals surface area contributed by atoms with E-state index in [4.69, 9.17) is 0 Å². The molecule has 2 N–H and O–H groups in total. The number of carboxylic acid groups (broad SMARTS) is 1. The Hall–Kier alpha value is -3.29. The minimum Gasteiger partial charge on any atom is -0.480 e. The van der Waals surface area contributed by atoms with Crippen molar-refractivity contribution in [1.82, 2.24) is 9.47 Å². The number of pyridine rings is 1. The Balaban J connectivity index is 1.61. The Morgan fingerprint density at radius 3 is 2.44 bits per heavy atom. The number of halogens is 1. The van der Waals surface area contributed by atoms with Crippen molar-refractivity contribution in [2.45, 2.75) is 25.2 Å². The van der Waals surface area contributed by atoms with Crippen LogP contribution in [0, 0.1) is 17.7 Å². The van der Waals surface area contributed by atoms with Gasteiger partial charge in [-0.05, 0) is 23.8 Å². The molecule has 0 amide bonds. The molecule has 0 bridgehead atoms. The van der Waals surface area contributed by atoms with Gasteiger partial charge in [-0.2, -0.15) is 0 Å². The molecular weight excluding hydrogens is 411 g/mol. The smallest absolute Gasteiger partial charge is 0.321 e. The number of hydrogen-bond donors (Lipinski definition) is 2. The van der Waals surface area contributed by atoms with Crippen LogP contribution >= 0.6 is 0 Å². The SMILES string of the molecule is O=C(O)[C@@H]1[C@@H](CO)[C@@H]2Cn3c(ccc(-c4ccccc4)c3=O)[C@@H]2N1Cc1ccccc1F. The Bertz CT molecular complexity index is 1230. The van der Waals surface area contributed by atoms with Crippen molar-refractivity contribution in [3.63, 3.8) is 0 Å². The van der Waals surface area contributed by atoms with Crippen LogP contribution in [0.2, 0.25) is 0 Å². The molecular formula is C25H23FN2O4. The van der Waals surface area contributed by atoms with Gasteiger partial charge in [0.2, 0.25) is 0 Å². The molecule has 7 heteroatoms. The van der Waals surface area contributed by atoms with Gasteiger partial charge in [0, 0.05) is 48.4 Å². The number of aliphatic carboxylic acids is 1. The lowest BCUT2D eigenvalue weighted by molar-refractivity contribution is -0.145. The molecule has 4 atom stereocenters. The molecule has 1 fully saturated rings. The Kier molecular flexibility index (Phi) is 5.15. The molecule has 5 rings (SSSR count). The number of aliphatic hydroxyl groups excluding tert-OH is 1. The van der Waals surface area contributed by atoms with Crippen molar-refractivity contribution < 1.29 is 19.4 Å². The van der Waals surface area contributed by atoms with Crippen LogP contribution in [0.3, 0.4) is 0 Å². The van der Waals surface area contributed by atoms with Gasteiger partial charge in [-0.25, -0.2) is 4.39 Å². The normalized spacial score (nSPS) is 24.3. The second-order valence-electron chi connectivity index (χ2n) is 8.46. The summed E-state index contributed by atoms with van der Waals surface area (Å²) < 4.78 is 16.1. The van der Waals surface area contributed by atoms with Crippen molar-refractivity contribution >= 4 is 5.97 Å². The monoisotopic (exact) mass is 434 g/mol. The van der Waals surface area contributed by atoms with Gasteiger partial charge in [-0.1, -0.05) is 48.5 Å². The van der Waals surface area contributed by atoms with E-state index in [-0.39, 0.29) is 24.6 Å². The molecule has 3 aromatic rings. The van der Waals surface area contributed by atoms with E-state index in [1.165, 1.54) is 6.07 Å². The van der Waals surface area contributed by atoms with E-state index in [0.29, 0.717) is 23.4 Å². The quantitative estimate of drug-likeness (QED) is 0.645. The number of fused-ring (bicyclic) bond motifs is 3. The van der Waals surface area contributed by atoms with E-state index >= 15 is 0 Å². The first-order valence-electron chi connectivity index (χ1n) is 10.6. The van der Waals surface area contributed by atoms with Crippen LogP contribution in [0.25, 0.3) is 11.1 Å². The third-order valence-corrected chi connectivity index (χ3v) is 6.84. The Morgan fingerprint density at radius 1 is 1.03 bits per heavy atom. The van der Waals surface area contributed by atoms with Crippen LogP contribution in [-0.4, -0.2) is 38.3 Å². The highest BCUT2D eigenvalue weighted by Gasteiger charge is 2.55. The van der Waals surface area contributed by atoms with Crippen LogP contribution in [0.15, 0.2) is 71.5 Å². The molecule has 6 nitrogen and oxygen atoms in total. The third kappa shape index (κ3) is 3.16. The lowest BCUT2D eigenvalue weighted by Crippen LogP contribution is -2.42. The molecule has 3 heterocycles. The van der Waals surface area contributed by atoms with Crippen LogP contribution in [-0.2, 0) is 17.9 Å². The molecule has 0 spiro atoms. The van der Waals surface area contributed by atoms with Crippen molar-refractivity contribution in [1.29, 1.82) is 0 Å². The fourth-order valence-corrected chi connectivity index (χ4v) is 5.43. The zero-order chi connectivity index (χ0) is 22.4. The highest BCUT2D eigenvalue weighted by molar-refractivity contribution is 5.75. The van der Waals surface area contributed by atoms with E-state index in [1.54, 1.807) is 33.7 Å². The summed E-state index contributed by atoms with van der Waals surface area (Å²) in [5, 5.41) is 20.1. The van der Waals surface area contributed by atoms with Gasteiger partial charge in [0.25, 0.3) is 5.56 Å². The van der Waals surface area contributed by atoms with Crippen LogP contribution in [0.5, 0.6) is 0 Å². The Labute approximate surface area is 184 Å². The standard InChI is InChI=1S/C25H23FN2O4/c26-20-9-5-4-8-16(20)12-28-22-18(19(14-29)23(28)25(31)32)13-27-21(22)11-10-17(24(27)30)15-6-2-1-3-7-15/h1-11,18-19,22-23,29H,12-14H2,(H,31,32)/t18-,19-,22+,23-/m0/s1. The first-order chi connectivity index (χ1) is 15.5. The summed E-state index contributed by atoms with van der Waals surface area (Å²) in [4.78, 5) is 27.2. The van der Waals surface area contributed by atoms with E-state index in [0.717, 1.165) is 5.56 Å². The van der Waals surface area contributed by atoms with Crippen molar-refractivity contribution in [2.24, 2.45) is 11.8 Å². The lowest BCUT2D eigenvalue weighted by Gasteiger charge is -2.29. The maximum Gasteiger partial charge on any atom is 0.321 e. The average Bonchev–Trinajstić information content (AvgIpc) is 3.32. The summed E-state index contributed by atoms with van der Waals surface area (Å²) >= 11 is 0. The lowest BCUT2D eigenvalue weighted by atomic mass is 9.88. The second kappa shape index (κ2) is 8.00. The maximum atomic E-state index is 14.4. The molecule has 2 aromatic carbocycles. The largest absolute Gasteiger partial charge is 0.480 e. The van der Waals surface area contributed by atoms with Gasteiger partial charge >= 0.3 is 5.97 Å². The molecule has 0 radical (unpaired) electrons. The zero-order valence-corrected chi connectivity index (χ0v) is 17.3. The molecule has 0 saturated carbocycles. The number of nitrogens with zero attached hydrogens (tertiary/aromatic N) is 2. The fourth-order valence-electron chi connectivity index (χ4n) is 5.43.